The molecule has 8 nitrogen and oxygen atoms in total. The Bertz CT molecular complexity index is 1720. The van der Waals surface area contributed by atoms with E-state index in [4.69, 9.17) is 9.15 Å². The van der Waals surface area contributed by atoms with E-state index in [2.05, 4.69) is 16.0 Å². The van der Waals surface area contributed by atoms with Gasteiger partial charge in [-0.1, -0.05) is 30.3 Å². The maximum atomic E-state index is 13.7. The lowest BCUT2D eigenvalue weighted by Gasteiger charge is -2.29. The lowest BCUT2D eigenvalue weighted by atomic mass is 9.90. The van der Waals surface area contributed by atoms with Gasteiger partial charge in [0.05, 0.1) is 18.0 Å². The minimum absolute atomic E-state index is 0.0221. The van der Waals surface area contributed by atoms with Crippen LogP contribution in [0, 0.1) is 0 Å². The summed E-state index contributed by atoms with van der Waals surface area (Å²) >= 11 is 0. The first-order valence-electron chi connectivity index (χ1n) is 12.6. The van der Waals surface area contributed by atoms with Crippen LogP contribution in [0.25, 0.3) is 21.8 Å². The van der Waals surface area contributed by atoms with Crippen LogP contribution in [0.1, 0.15) is 40.7 Å². The Morgan fingerprint density at radius 3 is 2.92 bits per heavy atom. The number of methoxy groups -OCH3 is 1. The molecule has 8 heteroatoms. The fourth-order valence-corrected chi connectivity index (χ4v) is 5.39. The number of hydrogen-bond acceptors (Lipinski definition) is 6. The number of para-hydroxylation sites is 1. The van der Waals surface area contributed by atoms with Gasteiger partial charge in [-0.25, -0.2) is 0 Å². The number of carbonyl (C=O) groups is 1. The number of hydrogen-bond donors (Lipinski definition) is 2. The zero-order chi connectivity index (χ0) is 26.2. The largest absolute Gasteiger partial charge is 0.502 e. The second kappa shape index (κ2) is 9.79. The lowest BCUT2D eigenvalue weighted by molar-refractivity contribution is -0.132. The van der Waals surface area contributed by atoms with Gasteiger partial charge in [0.1, 0.15) is 12.4 Å². The summed E-state index contributed by atoms with van der Waals surface area (Å²) in [5.41, 5.74) is 4.34. The Hall–Kier alpha value is -4.43. The van der Waals surface area contributed by atoms with Crippen LogP contribution in [0.4, 0.5) is 0 Å². The van der Waals surface area contributed by atoms with Gasteiger partial charge in [-0.05, 0) is 41.8 Å². The molecule has 5 aromatic rings. The third kappa shape index (κ3) is 4.33. The average Bonchev–Trinajstić information content (AvgIpc) is 3.31. The number of nitrogens with one attached hydrogen (secondary N) is 1. The summed E-state index contributed by atoms with van der Waals surface area (Å²) < 4.78 is 11.1. The van der Waals surface area contributed by atoms with Gasteiger partial charge in [-0.15, -0.1) is 0 Å². The fourth-order valence-electron chi connectivity index (χ4n) is 5.39. The number of aromatic amines is 1. The van der Waals surface area contributed by atoms with Gasteiger partial charge in [0, 0.05) is 54.3 Å². The number of pyridine rings is 1. The lowest BCUT2D eigenvalue weighted by Crippen LogP contribution is -2.36. The summed E-state index contributed by atoms with van der Waals surface area (Å²) in [4.78, 5) is 36.0. The zero-order valence-electron chi connectivity index (χ0n) is 20.9. The van der Waals surface area contributed by atoms with Crippen LogP contribution in [0.15, 0.2) is 76.1 Å². The normalized spacial score (nSPS) is 14.1. The second-order valence-electron chi connectivity index (χ2n) is 9.63. The number of H-pyrrole nitrogens is 1. The Balaban J connectivity index is 1.37. The first kappa shape index (κ1) is 23.9. The molecule has 0 spiro atoms. The third-order valence-corrected chi connectivity index (χ3v) is 7.25. The van der Waals surface area contributed by atoms with Crippen LogP contribution in [-0.4, -0.2) is 39.5 Å². The highest BCUT2D eigenvalue weighted by Gasteiger charge is 2.30. The Labute approximate surface area is 218 Å². The van der Waals surface area contributed by atoms with Crippen molar-refractivity contribution in [2.45, 2.75) is 31.9 Å². The molecule has 1 unspecified atom stereocenters. The molecule has 0 saturated heterocycles. The number of aromatic nitrogens is 2. The fraction of sp³-hybridized carbons (Fsp3) is 0.233. The standard InChI is InChI=1S/C30H27N3O5/c1-37-17-20-14-27(34)29(36)30(38-20)23(18-8-9-24-19(13-18)5-4-11-31-24)15-28(35)33-12-10-22-21-6-2-3-7-25(21)32-26(22)16-33/h2-9,11,13-14,23,32,36H,10,12,15-17H2,1H3. The maximum absolute atomic E-state index is 13.7. The first-order valence-corrected chi connectivity index (χ1v) is 12.6. The highest BCUT2D eigenvalue weighted by Crippen LogP contribution is 2.36. The van der Waals surface area contributed by atoms with E-state index in [0.29, 0.717) is 13.1 Å². The van der Waals surface area contributed by atoms with Gasteiger partial charge in [-0.2, -0.15) is 0 Å². The summed E-state index contributed by atoms with van der Waals surface area (Å²) in [6, 6.07) is 18.8. The molecule has 6 rings (SSSR count). The van der Waals surface area contributed by atoms with Crippen molar-refractivity contribution in [1.29, 1.82) is 0 Å². The van der Waals surface area contributed by atoms with Crippen LogP contribution in [-0.2, 0) is 29.1 Å². The van der Waals surface area contributed by atoms with Crippen molar-refractivity contribution >= 4 is 27.7 Å². The number of fused-ring (bicyclic) bond motifs is 4. The van der Waals surface area contributed by atoms with Gasteiger partial charge >= 0.3 is 0 Å². The van der Waals surface area contributed by atoms with E-state index in [9.17, 15) is 14.7 Å². The molecule has 0 aliphatic carbocycles. The molecule has 2 N–H and O–H groups in total. The van der Waals surface area contributed by atoms with Crippen molar-refractivity contribution in [2.24, 2.45) is 0 Å². The van der Waals surface area contributed by atoms with Crippen molar-refractivity contribution in [1.82, 2.24) is 14.9 Å². The number of nitrogens with zero attached hydrogens (tertiary/aromatic N) is 2. The minimum Gasteiger partial charge on any atom is -0.502 e. The number of benzene rings is 2. The maximum Gasteiger partial charge on any atom is 0.227 e. The first-order chi connectivity index (χ1) is 18.5. The summed E-state index contributed by atoms with van der Waals surface area (Å²) in [7, 11) is 1.50. The van der Waals surface area contributed by atoms with Crippen molar-refractivity contribution in [3.63, 3.8) is 0 Å². The summed E-state index contributed by atoms with van der Waals surface area (Å²) in [6.07, 6.45) is 2.49. The van der Waals surface area contributed by atoms with E-state index in [1.54, 1.807) is 6.20 Å². The molecular weight excluding hydrogens is 482 g/mol. The molecule has 2 aromatic carbocycles. The molecule has 1 atom stereocenters. The quantitative estimate of drug-likeness (QED) is 0.346. The van der Waals surface area contributed by atoms with E-state index in [1.165, 1.54) is 24.1 Å². The Morgan fingerprint density at radius 2 is 2.05 bits per heavy atom. The number of ether oxygens (including phenoxy) is 1. The zero-order valence-corrected chi connectivity index (χ0v) is 20.9. The van der Waals surface area contributed by atoms with Crippen molar-refractivity contribution in [3.05, 3.63) is 105 Å². The number of amides is 1. The Kier molecular flexibility index (Phi) is 6.17. The smallest absolute Gasteiger partial charge is 0.227 e. The Morgan fingerprint density at radius 1 is 1.18 bits per heavy atom. The van der Waals surface area contributed by atoms with Crippen molar-refractivity contribution < 1.29 is 19.1 Å². The van der Waals surface area contributed by atoms with Crippen LogP contribution in [0.3, 0.4) is 0 Å². The van der Waals surface area contributed by atoms with E-state index in [-0.39, 0.29) is 30.5 Å². The molecule has 3 aromatic heterocycles. The molecule has 192 valence electrons. The van der Waals surface area contributed by atoms with Crippen LogP contribution in [0.5, 0.6) is 5.75 Å². The molecule has 4 heterocycles. The van der Waals surface area contributed by atoms with Crippen LogP contribution in [0.2, 0.25) is 0 Å². The number of rotatable bonds is 6. The average molecular weight is 510 g/mol. The highest BCUT2D eigenvalue weighted by molar-refractivity contribution is 5.86. The molecule has 1 aliphatic heterocycles. The second-order valence-corrected chi connectivity index (χ2v) is 9.63. The van der Waals surface area contributed by atoms with E-state index in [1.807, 2.05) is 53.4 Å². The van der Waals surface area contributed by atoms with E-state index in [0.717, 1.165) is 34.1 Å². The molecule has 0 bridgehead atoms. The predicted molar refractivity (Wildman–Crippen MR) is 143 cm³/mol. The highest BCUT2D eigenvalue weighted by atomic mass is 16.5. The van der Waals surface area contributed by atoms with E-state index >= 15 is 0 Å². The number of carbonyl (C=O) groups excluding carboxylic acids is 1. The third-order valence-electron chi connectivity index (χ3n) is 7.25. The molecule has 1 amide bonds. The van der Waals surface area contributed by atoms with Gasteiger partial charge in [0.15, 0.2) is 5.76 Å². The van der Waals surface area contributed by atoms with Crippen molar-refractivity contribution in [3.8, 4) is 5.75 Å². The van der Waals surface area contributed by atoms with Gasteiger partial charge in [0.25, 0.3) is 0 Å². The van der Waals surface area contributed by atoms with Gasteiger partial charge in [0.2, 0.25) is 17.1 Å². The molecular formula is C30H27N3O5. The van der Waals surface area contributed by atoms with Crippen molar-refractivity contribution in [2.75, 3.05) is 13.7 Å². The number of aromatic hydroxyl groups is 1. The monoisotopic (exact) mass is 509 g/mol. The summed E-state index contributed by atoms with van der Waals surface area (Å²) in [5, 5.41) is 12.9. The molecule has 1 aliphatic rings. The van der Waals surface area contributed by atoms with E-state index < -0.39 is 17.1 Å². The molecule has 0 radical (unpaired) electrons. The molecule has 0 fully saturated rings. The molecule has 38 heavy (non-hydrogen) atoms. The van der Waals surface area contributed by atoms with Crippen LogP contribution < -0.4 is 5.43 Å². The van der Waals surface area contributed by atoms with Crippen LogP contribution >= 0.6 is 0 Å². The summed E-state index contributed by atoms with van der Waals surface area (Å²) in [5.74, 6) is -0.925. The summed E-state index contributed by atoms with van der Waals surface area (Å²) in [6.45, 7) is 1.12. The predicted octanol–water partition coefficient (Wildman–Crippen LogP) is 4.63. The minimum atomic E-state index is -0.680. The topological polar surface area (TPSA) is 109 Å². The van der Waals surface area contributed by atoms with Gasteiger partial charge < -0.3 is 24.1 Å². The van der Waals surface area contributed by atoms with Gasteiger partial charge in [-0.3, -0.25) is 14.6 Å². The molecule has 0 saturated carbocycles. The SMILES string of the molecule is COCc1cc(=O)c(O)c(C(CC(=O)N2CCc3c([nH]c4ccccc34)C2)c2ccc3ncccc3c2)o1.